The highest BCUT2D eigenvalue weighted by molar-refractivity contribution is 6.31. The number of amides is 2. The highest BCUT2D eigenvalue weighted by atomic mass is 35.5. The first-order valence-electron chi connectivity index (χ1n) is 11.8. The summed E-state index contributed by atoms with van der Waals surface area (Å²) >= 11 is 6.25. The van der Waals surface area contributed by atoms with Gasteiger partial charge in [0, 0.05) is 42.7 Å². The number of hydrogen-bond donors (Lipinski definition) is 1. The van der Waals surface area contributed by atoms with Crippen molar-refractivity contribution < 1.29 is 14.3 Å². The third kappa shape index (κ3) is 6.34. The molecule has 1 heterocycles. The molecule has 4 rings (SSSR count). The molecule has 1 fully saturated rings. The van der Waals surface area contributed by atoms with Crippen molar-refractivity contribution in [3.8, 4) is 5.75 Å². The van der Waals surface area contributed by atoms with Gasteiger partial charge in [-0.25, -0.2) is 0 Å². The smallest absolute Gasteiger partial charge is 0.255 e. The standard InChI is InChI=1S/C28H30ClN3O3/c1-20(2)28(34)32-16-14-31(15-17-32)26-13-10-23(29)18-25(26)30-27(33)22-8-11-24(12-9-22)35-19-21-6-4-3-5-7-21/h3-13,18,20H,14-17,19H2,1-2H3,(H,30,33). The van der Waals surface area contributed by atoms with E-state index in [0.29, 0.717) is 54.8 Å². The van der Waals surface area contributed by atoms with Gasteiger partial charge in [-0.2, -0.15) is 0 Å². The molecular weight excluding hydrogens is 462 g/mol. The maximum Gasteiger partial charge on any atom is 0.255 e. The molecular formula is C28H30ClN3O3. The molecule has 1 aliphatic rings. The second-order valence-electron chi connectivity index (χ2n) is 8.88. The maximum atomic E-state index is 13.0. The van der Waals surface area contributed by atoms with Crippen LogP contribution in [0.15, 0.2) is 72.8 Å². The zero-order chi connectivity index (χ0) is 24.8. The van der Waals surface area contributed by atoms with Gasteiger partial charge >= 0.3 is 0 Å². The van der Waals surface area contributed by atoms with E-state index < -0.39 is 0 Å². The summed E-state index contributed by atoms with van der Waals surface area (Å²) in [4.78, 5) is 29.4. The number of nitrogens with one attached hydrogen (secondary N) is 1. The predicted molar refractivity (Wildman–Crippen MR) is 140 cm³/mol. The molecule has 3 aromatic carbocycles. The van der Waals surface area contributed by atoms with Gasteiger partial charge in [0.25, 0.3) is 5.91 Å². The first-order chi connectivity index (χ1) is 16.9. The number of carbonyl (C=O) groups excluding carboxylic acids is 2. The van der Waals surface area contributed by atoms with E-state index in [1.807, 2.05) is 61.2 Å². The summed E-state index contributed by atoms with van der Waals surface area (Å²) in [5.41, 5.74) is 3.14. The average molecular weight is 492 g/mol. The Morgan fingerprint density at radius 2 is 1.63 bits per heavy atom. The Bertz CT molecular complexity index is 1160. The van der Waals surface area contributed by atoms with E-state index in [-0.39, 0.29) is 17.7 Å². The van der Waals surface area contributed by atoms with Crippen molar-refractivity contribution in [1.29, 1.82) is 0 Å². The van der Waals surface area contributed by atoms with E-state index in [4.69, 9.17) is 16.3 Å². The Hall–Kier alpha value is -3.51. The van der Waals surface area contributed by atoms with Crippen molar-refractivity contribution in [3.05, 3.63) is 88.9 Å². The van der Waals surface area contributed by atoms with E-state index in [9.17, 15) is 9.59 Å². The Labute approximate surface area is 211 Å². The highest BCUT2D eigenvalue weighted by Crippen LogP contribution is 2.31. The molecule has 6 nitrogen and oxygen atoms in total. The lowest BCUT2D eigenvalue weighted by molar-refractivity contribution is -0.134. The number of carbonyl (C=O) groups is 2. The van der Waals surface area contributed by atoms with Gasteiger partial charge in [0.2, 0.25) is 5.91 Å². The Balaban J connectivity index is 1.40. The first-order valence-corrected chi connectivity index (χ1v) is 12.2. The molecule has 3 aromatic rings. The van der Waals surface area contributed by atoms with Crippen LogP contribution in [0.2, 0.25) is 5.02 Å². The Kier molecular flexibility index (Phi) is 7.93. The van der Waals surface area contributed by atoms with Crippen molar-refractivity contribution in [1.82, 2.24) is 4.90 Å². The number of piperazine rings is 1. The molecule has 0 atom stereocenters. The molecule has 0 aromatic heterocycles. The van der Waals surface area contributed by atoms with Gasteiger partial charge in [0.15, 0.2) is 0 Å². The molecule has 0 unspecified atom stereocenters. The van der Waals surface area contributed by atoms with Crippen LogP contribution in [0, 0.1) is 5.92 Å². The van der Waals surface area contributed by atoms with Gasteiger partial charge in [0.1, 0.15) is 12.4 Å². The van der Waals surface area contributed by atoms with Gasteiger partial charge in [0.05, 0.1) is 11.4 Å². The summed E-state index contributed by atoms with van der Waals surface area (Å²) in [6.07, 6.45) is 0. The first kappa shape index (κ1) is 24.6. The van der Waals surface area contributed by atoms with Gasteiger partial charge in [-0.15, -0.1) is 0 Å². The van der Waals surface area contributed by atoms with Crippen LogP contribution >= 0.6 is 11.6 Å². The summed E-state index contributed by atoms with van der Waals surface area (Å²) in [7, 11) is 0. The lowest BCUT2D eigenvalue weighted by Gasteiger charge is -2.37. The number of benzene rings is 3. The number of halogens is 1. The monoisotopic (exact) mass is 491 g/mol. The molecule has 0 saturated carbocycles. The number of anilines is 2. The van der Waals surface area contributed by atoms with Gasteiger partial charge in [-0.05, 0) is 48.0 Å². The zero-order valence-electron chi connectivity index (χ0n) is 20.0. The van der Waals surface area contributed by atoms with E-state index in [1.165, 1.54) is 0 Å². The minimum atomic E-state index is -0.225. The number of rotatable bonds is 7. The molecule has 0 aliphatic carbocycles. The molecule has 2 amide bonds. The van der Waals surface area contributed by atoms with E-state index in [0.717, 1.165) is 11.3 Å². The molecule has 182 valence electrons. The van der Waals surface area contributed by atoms with Crippen LogP contribution in [-0.4, -0.2) is 42.9 Å². The largest absolute Gasteiger partial charge is 0.489 e. The van der Waals surface area contributed by atoms with Gasteiger partial charge in [-0.3, -0.25) is 9.59 Å². The zero-order valence-corrected chi connectivity index (χ0v) is 20.8. The number of ether oxygens (including phenoxy) is 1. The summed E-state index contributed by atoms with van der Waals surface area (Å²) in [5.74, 6) is 0.631. The molecule has 0 radical (unpaired) electrons. The van der Waals surface area contributed by atoms with Crippen LogP contribution in [0.5, 0.6) is 5.75 Å². The van der Waals surface area contributed by atoms with Crippen LogP contribution in [0.25, 0.3) is 0 Å². The van der Waals surface area contributed by atoms with Crippen LogP contribution < -0.4 is 15.0 Å². The normalized spacial score (nSPS) is 13.6. The van der Waals surface area contributed by atoms with Crippen molar-refractivity contribution in [2.45, 2.75) is 20.5 Å². The fourth-order valence-electron chi connectivity index (χ4n) is 4.05. The fraction of sp³-hybridized carbons (Fsp3) is 0.286. The van der Waals surface area contributed by atoms with Crippen molar-refractivity contribution in [2.24, 2.45) is 5.92 Å². The van der Waals surface area contributed by atoms with Crippen molar-refractivity contribution in [3.63, 3.8) is 0 Å². The topological polar surface area (TPSA) is 61.9 Å². The quantitative estimate of drug-likeness (QED) is 0.475. The summed E-state index contributed by atoms with van der Waals surface area (Å²) in [6.45, 7) is 6.99. The minimum absolute atomic E-state index is 0.0120. The van der Waals surface area contributed by atoms with E-state index >= 15 is 0 Å². The SMILES string of the molecule is CC(C)C(=O)N1CCN(c2ccc(Cl)cc2NC(=O)c2ccc(OCc3ccccc3)cc2)CC1. The van der Waals surface area contributed by atoms with Crippen LogP contribution in [0.1, 0.15) is 29.8 Å². The summed E-state index contributed by atoms with van der Waals surface area (Å²) in [5, 5.41) is 3.55. The predicted octanol–water partition coefficient (Wildman–Crippen LogP) is 5.48. The Morgan fingerprint density at radius 1 is 0.943 bits per heavy atom. The van der Waals surface area contributed by atoms with Crippen LogP contribution in [0.4, 0.5) is 11.4 Å². The maximum absolute atomic E-state index is 13.0. The molecule has 0 bridgehead atoms. The van der Waals surface area contributed by atoms with Crippen molar-refractivity contribution in [2.75, 3.05) is 36.4 Å². The second-order valence-corrected chi connectivity index (χ2v) is 9.32. The molecule has 35 heavy (non-hydrogen) atoms. The van der Waals surface area contributed by atoms with Crippen molar-refractivity contribution >= 4 is 34.8 Å². The van der Waals surface area contributed by atoms with Crippen LogP contribution in [0.3, 0.4) is 0 Å². The molecule has 0 spiro atoms. The number of nitrogens with zero attached hydrogens (tertiary/aromatic N) is 2. The van der Waals surface area contributed by atoms with Gasteiger partial charge < -0.3 is 19.9 Å². The second kappa shape index (κ2) is 11.3. The highest BCUT2D eigenvalue weighted by Gasteiger charge is 2.24. The lowest BCUT2D eigenvalue weighted by atomic mass is 10.1. The minimum Gasteiger partial charge on any atom is -0.489 e. The molecule has 7 heteroatoms. The number of hydrogen-bond acceptors (Lipinski definition) is 4. The van der Waals surface area contributed by atoms with Gasteiger partial charge in [-0.1, -0.05) is 55.8 Å². The third-order valence-electron chi connectivity index (χ3n) is 6.00. The third-order valence-corrected chi connectivity index (χ3v) is 6.23. The fourth-order valence-corrected chi connectivity index (χ4v) is 4.23. The van der Waals surface area contributed by atoms with E-state index in [2.05, 4.69) is 10.2 Å². The lowest BCUT2D eigenvalue weighted by Crippen LogP contribution is -2.50. The summed E-state index contributed by atoms with van der Waals surface area (Å²) < 4.78 is 5.82. The van der Waals surface area contributed by atoms with Crippen LogP contribution in [-0.2, 0) is 11.4 Å². The molecule has 1 saturated heterocycles. The molecule has 1 N–H and O–H groups in total. The average Bonchev–Trinajstić information content (AvgIpc) is 2.88. The summed E-state index contributed by atoms with van der Waals surface area (Å²) in [6, 6.07) is 22.5. The van der Waals surface area contributed by atoms with E-state index in [1.54, 1.807) is 30.3 Å². The Morgan fingerprint density at radius 3 is 2.29 bits per heavy atom. The molecule has 1 aliphatic heterocycles.